The zero-order valence-electron chi connectivity index (χ0n) is 12.4. The van der Waals surface area contributed by atoms with Gasteiger partial charge in [0.15, 0.2) is 5.13 Å². The number of carbonyl (C=O) groups excluding carboxylic acids is 1. The van der Waals surface area contributed by atoms with E-state index in [2.05, 4.69) is 15.6 Å². The zero-order valence-corrected chi connectivity index (χ0v) is 14.0. The molecule has 1 fully saturated rings. The number of hydrogen-bond acceptors (Lipinski definition) is 4. The molecule has 122 valence electrons. The molecule has 7 heteroatoms. The Morgan fingerprint density at radius 2 is 2.22 bits per heavy atom. The molecular weight excluding hydrogens is 337 g/mol. The van der Waals surface area contributed by atoms with Gasteiger partial charge in [0, 0.05) is 16.1 Å². The van der Waals surface area contributed by atoms with E-state index >= 15 is 0 Å². The van der Waals surface area contributed by atoms with Gasteiger partial charge in [0.2, 0.25) is 5.91 Å². The van der Waals surface area contributed by atoms with Gasteiger partial charge in [0.25, 0.3) is 0 Å². The topological polar surface area (TPSA) is 54.0 Å². The van der Waals surface area contributed by atoms with Gasteiger partial charge in [0.05, 0.1) is 6.42 Å². The first-order valence-electron chi connectivity index (χ1n) is 7.52. The van der Waals surface area contributed by atoms with Crippen LogP contribution in [0.1, 0.15) is 29.2 Å². The van der Waals surface area contributed by atoms with Gasteiger partial charge in [0.1, 0.15) is 5.82 Å². The Kier molecular flexibility index (Phi) is 5.25. The van der Waals surface area contributed by atoms with Crippen molar-refractivity contribution in [3.63, 3.8) is 0 Å². The Labute approximate surface area is 143 Å². The summed E-state index contributed by atoms with van der Waals surface area (Å²) in [5.74, 6) is -0.0960. The molecule has 1 aliphatic heterocycles. The summed E-state index contributed by atoms with van der Waals surface area (Å²) in [5, 5.41) is 6.99. The van der Waals surface area contributed by atoms with Gasteiger partial charge in [-0.3, -0.25) is 4.79 Å². The lowest BCUT2D eigenvalue weighted by Gasteiger charge is -2.20. The minimum atomic E-state index is -0.411. The summed E-state index contributed by atoms with van der Waals surface area (Å²) in [7, 11) is 0. The summed E-state index contributed by atoms with van der Waals surface area (Å²) in [4.78, 5) is 17.6. The molecule has 0 atom stereocenters. The standard InChI is InChI=1S/C16H17ClFN3OS/c17-13-8-12(18)2-1-11(13)7-15(22)21-16-20-9-14(23-16)10-3-5-19-6-4-10/h1-2,8-10,19H,3-7H2,(H,20,21,22). The van der Waals surface area contributed by atoms with Gasteiger partial charge in [-0.25, -0.2) is 9.37 Å². The smallest absolute Gasteiger partial charge is 0.230 e. The largest absolute Gasteiger partial charge is 0.317 e. The lowest BCUT2D eigenvalue weighted by atomic mass is 9.97. The van der Waals surface area contributed by atoms with Crippen LogP contribution in [-0.4, -0.2) is 24.0 Å². The molecule has 0 spiro atoms. The average Bonchev–Trinajstić information content (AvgIpc) is 2.99. The molecule has 0 radical (unpaired) electrons. The van der Waals surface area contributed by atoms with Gasteiger partial charge >= 0.3 is 0 Å². The average molecular weight is 354 g/mol. The maximum absolute atomic E-state index is 13.0. The second-order valence-corrected chi connectivity index (χ2v) is 7.02. The lowest BCUT2D eigenvalue weighted by molar-refractivity contribution is -0.115. The molecule has 3 rings (SSSR count). The van der Waals surface area contributed by atoms with Gasteiger partial charge < -0.3 is 10.6 Å². The van der Waals surface area contributed by atoms with E-state index in [9.17, 15) is 9.18 Å². The quantitative estimate of drug-likeness (QED) is 0.883. The van der Waals surface area contributed by atoms with Crippen molar-refractivity contribution in [3.05, 3.63) is 45.7 Å². The molecule has 0 bridgehead atoms. The van der Waals surface area contributed by atoms with Crippen molar-refractivity contribution >= 4 is 34.0 Å². The van der Waals surface area contributed by atoms with Crippen LogP contribution < -0.4 is 10.6 Å². The molecule has 0 unspecified atom stereocenters. The molecule has 1 aromatic carbocycles. The van der Waals surface area contributed by atoms with Gasteiger partial charge in [-0.15, -0.1) is 11.3 Å². The van der Waals surface area contributed by atoms with Crippen LogP contribution in [0.2, 0.25) is 5.02 Å². The van der Waals surface area contributed by atoms with Crippen LogP contribution in [0, 0.1) is 5.82 Å². The summed E-state index contributed by atoms with van der Waals surface area (Å²) in [5.41, 5.74) is 0.598. The van der Waals surface area contributed by atoms with Crippen LogP contribution in [-0.2, 0) is 11.2 Å². The van der Waals surface area contributed by atoms with Crippen LogP contribution in [0.5, 0.6) is 0 Å². The van der Waals surface area contributed by atoms with E-state index in [0.29, 0.717) is 16.6 Å². The van der Waals surface area contributed by atoms with E-state index in [0.717, 1.165) is 25.9 Å². The fraction of sp³-hybridized carbons (Fsp3) is 0.375. The molecule has 23 heavy (non-hydrogen) atoms. The summed E-state index contributed by atoms with van der Waals surface area (Å²) in [6.07, 6.45) is 4.14. The summed E-state index contributed by atoms with van der Waals surface area (Å²) in [6.45, 7) is 2.04. The molecule has 1 aliphatic rings. The van der Waals surface area contributed by atoms with Gasteiger partial charge in [-0.1, -0.05) is 17.7 Å². The molecule has 1 saturated heterocycles. The molecular formula is C16H17ClFN3OS. The highest BCUT2D eigenvalue weighted by Gasteiger charge is 2.18. The van der Waals surface area contributed by atoms with Crippen molar-refractivity contribution in [1.29, 1.82) is 0 Å². The van der Waals surface area contributed by atoms with Crippen molar-refractivity contribution in [2.75, 3.05) is 18.4 Å². The molecule has 0 saturated carbocycles. The maximum atomic E-state index is 13.0. The number of rotatable bonds is 4. The van der Waals surface area contributed by atoms with E-state index in [1.807, 2.05) is 6.20 Å². The Balaban J connectivity index is 1.60. The van der Waals surface area contributed by atoms with E-state index in [4.69, 9.17) is 11.6 Å². The Bertz CT molecular complexity index is 700. The molecule has 2 aromatic rings. The molecule has 2 N–H and O–H groups in total. The Morgan fingerprint density at radius 3 is 2.96 bits per heavy atom. The first kappa shape index (κ1) is 16.4. The molecule has 4 nitrogen and oxygen atoms in total. The molecule has 1 aromatic heterocycles. The Hall–Kier alpha value is -1.50. The number of anilines is 1. The highest BCUT2D eigenvalue weighted by atomic mass is 35.5. The number of halogens is 2. The number of aromatic nitrogens is 1. The number of thiazole rings is 1. The fourth-order valence-corrected chi connectivity index (χ4v) is 3.88. The third kappa shape index (κ3) is 4.28. The SMILES string of the molecule is O=C(Cc1ccc(F)cc1Cl)Nc1ncc(C2CCNCC2)s1. The molecule has 1 amide bonds. The van der Waals surface area contributed by atoms with Crippen molar-refractivity contribution in [3.8, 4) is 0 Å². The van der Waals surface area contributed by atoms with E-state index < -0.39 is 5.82 Å². The first-order valence-corrected chi connectivity index (χ1v) is 8.71. The molecule has 2 heterocycles. The predicted octanol–water partition coefficient (Wildman–Crippen LogP) is 3.58. The second-order valence-electron chi connectivity index (χ2n) is 5.55. The Morgan fingerprint density at radius 1 is 1.43 bits per heavy atom. The fourth-order valence-electron chi connectivity index (χ4n) is 2.64. The first-order chi connectivity index (χ1) is 11.1. The van der Waals surface area contributed by atoms with Crippen molar-refractivity contribution in [1.82, 2.24) is 10.3 Å². The van der Waals surface area contributed by atoms with E-state index in [1.165, 1.54) is 34.4 Å². The van der Waals surface area contributed by atoms with Gasteiger partial charge in [-0.05, 0) is 49.5 Å². The number of nitrogens with zero attached hydrogens (tertiary/aromatic N) is 1. The van der Waals surface area contributed by atoms with Crippen molar-refractivity contribution < 1.29 is 9.18 Å². The highest BCUT2D eigenvalue weighted by Crippen LogP contribution is 2.31. The number of nitrogens with one attached hydrogen (secondary N) is 2. The highest BCUT2D eigenvalue weighted by molar-refractivity contribution is 7.15. The maximum Gasteiger partial charge on any atom is 0.230 e. The summed E-state index contributed by atoms with van der Waals surface area (Å²) >= 11 is 7.46. The summed E-state index contributed by atoms with van der Waals surface area (Å²) < 4.78 is 13.0. The van der Waals surface area contributed by atoms with Crippen LogP contribution in [0.15, 0.2) is 24.4 Å². The number of piperidine rings is 1. The normalized spacial score (nSPS) is 15.6. The monoisotopic (exact) mass is 353 g/mol. The van der Waals surface area contributed by atoms with E-state index in [1.54, 1.807) is 0 Å². The van der Waals surface area contributed by atoms with Crippen LogP contribution in [0.25, 0.3) is 0 Å². The number of carbonyl (C=O) groups is 1. The third-order valence-electron chi connectivity index (χ3n) is 3.88. The molecule has 0 aliphatic carbocycles. The van der Waals surface area contributed by atoms with Crippen LogP contribution >= 0.6 is 22.9 Å². The van der Waals surface area contributed by atoms with Crippen molar-refractivity contribution in [2.24, 2.45) is 0 Å². The lowest BCUT2D eigenvalue weighted by Crippen LogP contribution is -2.26. The van der Waals surface area contributed by atoms with Crippen LogP contribution in [0.3, 0.4) is 0 Å². The van der Waals surface area contributed by atoms with E-state index in [-0.39, 0.29) is 17.4 Å². The minimum absolute atomic E-state index is 0.0986. The van der Waals surface area contributed by atoms with Crippen LogP contribution in [0.4, 0.5) is 9.52 Å². The number of benzene rings is 1. The van der Waals surface area contributed by atoms with Crippen molar-refractivity contribution in [2.45, 2.75) is 25.2 Å². The minimum Gasteiger partial charge on any atom is -0.317 e. The zero-order chi connectivity index (χ0) is 16.2. The third-order valence-corrected chi connectivity index (χ3v) is 5.30. The number of amides is 1. The number of hydrogen-bond donors (Lipinski definition) is 2. The second kappa shape index (κ2) is 7.38. The summed E-state index contributed by atoms with van der Waals surface area (Å²) in [6, 6.07) is 4.04. The van der Waals surface area contributed by atoms with Gasteiger partial charge in [-0.2, -0.15) is 0 Å². The predicted molar refractivity (Wildman–Crippen MR) is 90.7 cm³/mol.